The summed E-state index contributed by atoms with van der Waals surface area (Å²) in [4.78, 5) is 14.0. The Labute approximate surface area is 122 Å². The lowest BCUT2D eigenvalue weighted by Gasteiger charge is -2.17. The van der Waals surface area contributed by atoms with Crippen molar-refractivity contribution in [2.24, 2.45) is 0 Å². The second-order valence-corrected chi connectivity index (χ2v) is 4.80. The van der Waals surface area contributed by atoms with Crippen molar-refractivity contribution < 1.29 is 13.6 Å². The van der Waals surface area contributed by atoms with E-state index in [1.807, 2.05) is 7.05 Å². The van der Waals surface area contributed by atoms with Crippen LogP contribution in [0.15, 0.2) is 29.2 Å². The summed E-state index contributed by atoms with van der Waals surface area (Å²) >= 11 is 0.473. The van der Waals surface area contributed by atoms with Crippen molar-refractivity contribution in [3.8, 4) is 0 Å². The Balaban J connectivity index is 0.00000324. The quantitative estimate of drug-likeness (QED) is 0.820. The number of hydrogen-bond donors (Lipinski definition) is 1. The van der Waals surface area contributed by atoms with Gasteiger partial charge in [0, 0.05) is 30.6 Å². The van der Waals surface area contributed by atoms with Gasteiger partial charge in [0.2, 0.25) is 0 Å². The predicted octanol–water partition coefficient (Wildman–Crippen LogP) is 2.71. The molecule has 0 aromatic heterocycles. The summed E-state index contributed by atoms with van der Waals surface area (Å²) in [6.45, 7) is 1.31. The minimum absolute atomic E-state index is 0. The molecule has 108 valence electrons. The Morgan fingerprint density at radius 2 is 1.95 bits per heavy atom. The molecular formula is C12H17ClF2N2OS. The molecule has 0 aliphatic heterocycles. The van der Waals surface area contributed by atoms with Gasteiger partial charge in [-0.05, 0) is 31.3 Å². The standard InChI is InChI=1S/C12H16F2N2OS.ClH/c1-15-7-8-16(2)11(17)9-3-5-10(6-4-9)18-12(13)14;/h3-6,12,15H,7-8H2,1-2H3;1H. The number of hydrogen-bond acceptors (Lipinski definition) is 3. The number of benzene rings is 1. The van der Waals surface area contributed by atoms with Crippen molar-refractivity contribution in [1.29, 1.82) is 0 Å². The first-order valence-corrected chi connectivity index (χ1v) is 6.37. The summed E-state index contributed by atoms with van der Waals surface area (Å²) in [5.74, 6) is -2.55. The number of likely N-dealkylation sites (N-methyl/N-ethyl adjacent to an activating group) is 2. The third-order valence-electron chi connectivity index (χ3n) is 2.37. The van der Waals surface area contributed by atoms with E-state index in [0.717, 1.165) is 0 Å². The molecule has 0 aliphatic rings. The van der Waals surface area contributed by atoms with E-state index in [1.54, 1.807) is 24.1 Å². The van der Waals surface area contributed by atoms with E-state index in [4.69, 9.17) is 0 Å². The molecule has 19 heavy (non-hydrogen) atoms. The Bertz CT molecular complexity index is 390. The lowest BCUT2D eigenvalue weighted by atomic mass is 10.2. The topological polar surface area (TPSA) is 32.3 Å². The first kappa shape index (κ1) is 18.1. The molecule has 0 spiro atoms. The average Bonchev–Trinajstić information content (AvgIpc) is 2.35. The van der Waals surface area contributed by atoms with Gasteiger partial charge in [0.05, 0.1) is 0 Å². The van der Waals surface area contributed by atoms with E-state index >= 15 is 0 Å². The normalized spacial score (nSPS) is 10.2. The molecule has 1 rings (SSSR count). The van der Waals surface area contributed by atoms with Crippen LogP contribution in [0.4, 0.5) is 8.78 Å². The summed E-state index contributed by atoms with van der Waals surface area (Å²) in [5.41, 5.74) is 0.507. The van der Waals surface area contributed by atoms with E-state index in [1.165, 1.54) is 12.1 Å². The van der Waals surface area contributed by atoms with E-state index in [0.29, 0.717) is 35.3 Å². The van der Waals surface area contributed by atoms with Crippen LogP contribution >= 0.6 is 24.2 Å². The molecule has 1 N–H and O–H groups in total. The van der Waals surface area contributed by atoms with Crippen LogP contribution in [0.1, 0.15) is 10.4 Å². The number of rotatable bonds is 6. The largest absolute Gasteiger partial charge is 0.340 e. The highest BCUT2D eigenvalue weighted by Gasteiger charge is 2.11. The molecule has 0 atom stereocenters. The molecule has 1 amide bonds. The molecule has 0 unspecified atom stereocenters. The van der Waals surface area contributed by atoms with E-state index in [9.17, 15) is 13.6 Å². The van der Waals surface area contributed by atoms with Gasteiger partial charge in [0.1, 0.15) is 0 Å². The van der Waals surface area contributed by atoms with Gasteiger partial charge in [-0.15, -0.1) is 12.4 Å². The first-order chi connectivity index (χ1) is 8.54. The van der Waals surface area contributed by atoms with E-state index in [2.05, 4.69) is 5.32 Å². The van der Waals surface area contributed by atoms with Crippen molar-refractivity contribution >= 4 is 30.1 Å². The van der Waals surface area contributed by atoms with Crippen LogP contribution in [0.5, 0.6) is 0 Å². The summed E-state index contributed by atoms with van der Waals surface area (Å²) in [7, 11) is 3.52. The van der Waals surface area contributed by atoms with Crippen LogP contribution in [0.3, 0.4) is 0 Å². The molecule has 0 fully saturated rings. The maximum absolute atomic E-state index is 12.1. The molecule has 0 heterocycles. The zero-order valence-corrected chi connectivity index (χ0v) is 12.4. The third kappa shape index (κ3) is 6.22. The fourth-order valence-electron chi connectivity index (χ4n) is 1.38. The summed E-state index contributed by atoms with van der Waals surface area (Å²) in [6, 6.07) is 6.22. The van der Waals surface area contributed by atoms with Crippen molar-refractivity contribution in [3.05, 3.63) is 29.8 Å². The second kappa shape index (κ2) is 9.12. The predicted molar refractivity (Wildman–Crippen MR) is 76.4 cm³/mol. The minimum Gasteiger partial charge on any atom is -0.340 e. The Morgan fingerprint density at radius 3 is 2.42 bits per heavy atom. The average molecular weight is 311 g/mol. The molecule has 1 aromatic rings. The maximum Gasteiger partial charge on any atom is 0.288 e. The zero-order chi connectivity index (χ0) is 13.5. The van der Waals surface area contributed by atoms with Gasteiger partial charge in [-0.25, -0.2) is 0 Å². The molecule has 7 heteroatoms. The lowest BCUT2D eigenvalue weighted by molar-refractivity contribution is 0.0797. The van der Waals surface area contributed by atoms with Gasteiger partial charge in [-0.3, -0.25) is 4.79 Å². The van der Waals surface area contributed by atoms with Crippen molar-refractivity contribution in [2.75, 3.05) is 27.2 Å². The number of amides is 1. The van der Waals surface area contributed by atoms with Gasteiger partial charge in [0.15, 0.2) is 0 Å². The van der Waals surface area contributed by atoms with Crippen molar-refractivity contribution in [1.82, 2.24) is 10.2 Å². The van der Waals surface area contributed by atoms with Crippen LogP contribution < -0.4 is 5.32 Å². The molecule has 0 saturated heterocycles. The number of carbonyl (C=O) groups is 1. The van der Waals surface area contributed by atoms with Crippen molar-refractivity contribution in [3.63, 3.8) is 0 Å². The molecule has 1 aromatic carbocycles. The number of thioether (sulfide) groups is 1. The van der Waals surface area contributed by atoms with Gasteiger partial charge in [-0.2, -0.15) is 8.78 Å². The maximum atomic E-state index is 12.1. The Hall–Kier alpha value is -0.850. The number of nitrogens with zero attached hydrogens (tertiary/aromatic N) is 1. The van der Waals surface area contributed by atoms with E-state index in [-0.39, 0.29) is 18.3 Å². The third-order valence-corrected chi connectivity index (χ3v) is 3.09. The summed E-state index contributed by atoms with van der Waals surface area (Å²) in [5, 5.41) is 2.96. The molecule has 0 aliphatic carbocycles. The second-order valence-electron chi connectivity index (χ2n) is 3.73. The fraction of sp³-hybridized carbons (Fsp3) is 0.417. The number of halogens is 3. The summed E-state index contributed by atoms with van der Waals surface area (Å²) in [6.07, 6.45) is 0. The van der Waals surface area contributed by atoms with Crippen LogP contribution in [0, 0.1) is 0 Å². The van der Waals surface area contributed by atoms with Crippen LogP contribution in [0.2, 0.25) is 0 Å². The first-order valence-electron chi connectivity index (χ1n) is 5.49. The van der Waals surface area contributed by atoms with Crippen LogP contribution in [-0.2, 0) is 0 Å². The van der Waals surface area contributed by atoms with Crippen molar-refractivity contribution in [2.45, 2.75) is 10.7 Å². The van der Waals surface area contributed by atoms with Gasteiger partial charge in [-0.1, -0.05) is 11.8 Å². The van der Waals surface area contributed by atoms with Crippen LogP contribution in [-0.4, -0.2) is 43.7 Å². The van der Waals surface area contributed by atoms with Gasteiger partial charge in [0.25, 0.3) is 11.7 Å². The Kier molecular flexibility index (Phi) is 8.71. The number of carbonyl (C=O) groups excluding carboxylic acids is 1. The zero-order valence-electron chi connectivity index (χ0n) is 10.7. The minimum atomic E-state index is -2.44. The highest BCUT2D eigenvalue weighted by Crippen LogP contribution is 2.25. The van der Waals surface area contributed by atoms with Gasteiger partial charge >= 0.3 is 0 Å². The van der Waals surface area contributed by atoms with Gasteiger partial charge < -0.3 is 10.2 Å². The summed E-state index contributed by atoms with van der Waals surface area (Å²) < 4.78 is 24.3. The fourth-order valence-corrected chi connectivity index (χ4v) is 1.88. The van der Waals surface area contributed by atoms with E-state index < -0.39 is 5.76 Å². The molecule has 0 saturated carbocycles. The molecular weight excluding hydrogens is 294 g/mol. The molecule has 3 nitrogen and oxygen atoms in total. The highest BCUT2D eigenvalue weighted by atomic mass is 35.5. The number of nitrogens with one attached hydrogen (secondary N) is 1. The molecule has 0 radical (unpaired) electrons. The lowest BCUT2D eigenvalue weighted by Crippen LogP contribution is -2.32. The Morgan fingerprint density at radius 1 is 1.37 bits per heavy atom. The highest BCUT2D eigenvalue weighted by molar-refractivity contribution is 7.99. The van der Waals surface area contributed by atoms with Crippen LogP contribution in [0.25, 0.3) is 0 Å². The monoisotopic (exact) mass is 310 g/mol. The molecule has 0 bridgehead atoms. The number of alkyl halides is 2. The smallest absolute Gasteiger partial charge is 0.288 e. The SMILES string of the molecule is CNCCN(C)C(=O)c1ccc(SC(F)F)cc1.Cl.